The average Bonchev–Trinajstić information content (AvgIpc) is 3.35. The first-order valence-corrected chi connectivity index (χ1v) is 9.86. The summed E-state index contributed by atoms with van der Waals surface area (Å²) in [7, 11) is 0. The van der Waals surface area contributed by atoms with Crippen LogP contribution in [0, 0.1) is 5.82 Å². The van der Waals surface area contributed by atoms with Crippen LogP contribution in [0.2, 0.25) is 0 Å². The second-order valence-corrected chi connectivity index (χ2v) is 7.38. The highest BCUT2D eigenvalue weighted by Crippen LogP contribution is 2.32. The third-order valence-electron chi connectivity index (χ3n) is 4.20. The van der Waals surface area contributed by atoms with Crippen molar-refractivity contribution < 1.29 is 9.13 Å². The lowest BCUT2D eigenvalue weighted by atomic mass is 10.1. The molecule has 0 amide bonds. The van der Waals surface area contributed by atoms with Gasteiger partial charge in [-0.1, -0.05) is 23.5 Å². The lowest BCUT2D eigenvalue weighted by molar-refractivity contribution is 0.141. The highest BCUT2D eigenvalue weighted by Gasteiger charge is 2.16. The van der Waals surface area contributed by atoms with Crippen molar-refractivity contribution in [2.45, 2.75) is 19.9 Å². The van der Waals surface area contributed by atoms with Crippen LogP contribution in [0.4, 0.5) is 9.52 Å². The Morgan fingerprint density at radius 3 is 2.96 bits per heavy atom. The van der Waals surface area contributed by atoms with E-state index in [9.17, 15) is 4.39 Å². The third-order valence-corrected chi connectivity index (χ3v) is 5.15. The molecule has 0 saturated heterocycles. The van der Waals surface area contributed by atoms with Gasteiger partial charge in [-0.15, -0.1) is 0 Å². The van der Waals surface area contributed by atoms with Crippen LogP contribution < -0.4 is 5.32 Å². The van der Waals surface area contributed by atoms with Gasteiger partial charge in [-0.2, -0.15) is 0 Å². The van der Waals surface area contributed by atoms with E-state index in [0.717, 1.165) is 10.0 Å². The van der Waals surface area contributed by atoms with Gasteiger partial charge in [0.15, 0.2) is 10.8 Å². The van der Waals surface area contributed by atoms with E-state index in [-0.39, 0.29) is 11.9 Å². The van der Waals surface area contributed by atoms with Crippen LogP contribution in [-0.4, -0.2) is 38.6 Å². The SMILES string of the molecule is CCOCC(C)Nc1ncc(-c2cn3ccnc3c(-c3ccccc3F)n2)s1. The number of hydrogen-bond donors (Lipinski definition) is 1. The Balaban J connectivity index is 1.70. The molecule has 1 atom stereocenters. The lowest BCUT2D eigenvalue weighted by Crippen LogP contribution is -2.21. The molecule has 3 aromatic heterocycles. The van der Waals surface area contributed by atoms with Gasteiger partial charge in [0, 0.05) is 43.0 Å². The quantitative estimate of drug-likeness (QED) is 0.498. The molecule has 0 aliphatic heterocycles. The van der Waals surface area contributed by atoms with E-state index in [4.69, 9.17) is 9.72 Å². The maximum absolute atomic E-state index is 14.4. The number of fused-ring (bicyclic) bond motifs is 1. The van der Waals surface area contributed by atoms with Crippen molar-refractivity contribution in [3.05, 3.63) is 54.9 Å². The molecule has 1 N–H and O–H groups in total. The largest absolute Gasteiger partial charge is 0.380 e. The predicted octanol–water partition coefficient (Wildman–Crippen LogP) is 4.50. The first-order chi connectivity index (χ1) is 13.7. The minimum Gasteiger partial charge on any atom is -0.380 e. The van der Waals surface area contributed by atoms with E-state index in [1.165, 1.54) is 17.4 Å². The van der Waals surface area contributed by atoms with E-state index in [2.05, 4.69) is 15.3 Å². The minimum absolute atomic E-state index is 0.150. The van der Waals surface area contributed by atoms with Crippen LogP contribution in [0.3, 0.4) is 0 Å². The molecule has 6 nitrogen and oxygen atoms in total. The first-order valence-electron chi connectivity index (χ1n) is 9.04. The monoisotopic (exact) mass is 397 g/mol. The fourth-order valence-corrected chi connectivity index (χ4v) is 3.77. The number of nitrogens with zero attached hydrogens (tertiary/aromatic N) is 4. The molecule has 0 saturated carbocycles. The van der Waals surface area contributed by atoms with Crippen LogP contribution >= 0.6 is 11.3 Å². The summed E-state index contributed by atoms with van der Waals surface area (Å²) in [6.07, 6.45) is 7.17. The Kier molecular flexibility index (Phi) is 5.31. The number of ether oxygens (including phenoxy) is 1. The van der Waals surface area contributed by atoms with Gasteiger partial charge in [0.1, 0.15) is 11.5 Å². The number of aromatic nitrogens is 4. The zero-order valence-electron chi connectivity index (χ0n) is 15.6. The van der Waals surface area contributed by atoms with E-state index in [1.807, 2.05) is 30.6 Å². The molecular weight excluding hydrogens is 377 g/mol. The van der Waals surface area contributed by atoms with E-state index in [0.29, 0.717) is 35.8 Å². The molecule has 1 unspecified atom stereocenters. The molecule has 3 heterocycles. The van der Waals surface area contributed by atoms with Gasteiger partial charge in [-0.3, -0.25) is 0 Å². The zero-order valence-corrected chi connectivity index (χ0v) is 16.4. The maximum Gasteiger partial charge on any atom is 0.183 e. The topological polar surface area (TPSA) is 64.3 Å². The van der Waals surface area contributed by atoms with Crippen LogP contribution in [0.15, 0.2) is 49.1 Å². The molecule has 0 fully saturated rings. The molecule has 0 bridgehead atoms. The molecule has 4 rings (SSSR count). The Morgan fingerprint density at radius 2 is 2.14 bits per heavy atom. The number of imidazole rings is 1. The number of benzene rings is 1. The molecular formula is C20H20FN5OS. The molecule has 0 aliphatic carbocycles. The highest BCUT2D eigenvalue weighted by atomic mass is 32.1. The maximum atomic E-state index is 14.4. The normalized spacial score (nSPS) is 12.4. The zero-order chi connectivity index (χ0) is 19.5. The number of nitrogens with one attached hydrogen (secondary N) is 1. The fourth-order valence-electron chi connectivity index (χ4n) is 2.89. The van der Waals surface area contributed by atoms with Crippen molar-refractivity contribution in [2.75, 3.05) is 18.5 Å². The Bertz CT molecular complexity index is 1090. The Hall–Kier alpha value is -2.84. The predicted molar refractivity (Wildman–Crippen MR) is 109 cm³/mol. The molecule has 0 spiro atoms. The summed E-state index contributed by atoms with van der Waals surface area (Å²) in [5, 5.41) is 4.12. The number of thiazole rings is 1. The average molecular weight is 397 g/mol. The summed E-state index contributed by atoms with van der Waals surface area (Å²) in [6, 6.07) is 6.75. The summed E-state index contributed by atoms with van der Waals surface area (Å²) in [5.41, 5.74) is 2.26. The molecule has 8 heteroatoms. The van der Waals surface area contributed by atoms with Crippen LogP contribution in [0.5, 0.6) is 0 Å². The smallest absolute Gasteiger partial charge is 0.183 e. The van der Waals surface area contributed by atoms with Gasteiger partial charge in [-0.05, 0) is 26.0 Å². The van der Waals surface area contributed by atoms with Gasteiger partial charge < -0.3 is 14.5 Å². The highest BCUT2D eigenvalue weighted by molar-refractivity contribution is 7.18. The van der Waals surface area contributed by atoms with Crippen LogP contribution in [-0.2, 0) is 4.74 Å². The molecule has 144 valence electrons. The summed E-state index contributed by atoms with van der Waals surface area (Å²) in [5.74, 6) is -0.326. The van der Waals surface area contributed by atoms with E-state index < -0.39 is 0 Å². The molecule has 28 heavy (non-hydrogen) atoms. The van der Waals surface area contributed by atoms with Gasteiger partial charge in [0.05, 0.1) is 17.2 Å². The van der Waals surface area contributed by atoms with Crippen molar-refractivity contribution in [3.8, 4) is 21.8 Å². The van der Waals surface area contributed by atoms with Gasteiger partial charge in [0.2, 0.25) is 0 Å². The minimum atomic E-state index is -0.326. The second kappa shape index (κ2) is 8.04. The van der Waals surface area contributed by atoms with Crippen molar-refractivity contribution in [1.82, 2.24) is 19.4 Å². The number of rotatable bonds is 7. The summed E-state index contributed by atoms with van der Waals surface area (Å²) < 4.78 is 21.7. The summed E-state index contributed by atoms with van der Waals surface area (Å²) in [6.45, 7) is 5.31. The number of anilines is 1. The number of hydrogen-bond acceptors (Lipinski definition) is 6. The standard InChI is InChI=1S/C20H20FN5OS/c1-3-27-12-13(2)24-20-23-10-17(28-20)16-11-26-9-8-22-19(26)18(25-16)14-6-4-5-7-15(14)21/h4-11,13H,3,12H2,1-2H3,(H,23,24). The van der Waals surface area contributed by atoms with E-state index >= 15 is 0 Å². The third kappa shape index (κ3) is 3.74. The van der Waals surface area contributed by atoms with Crippen molar-refractivity contribution in [3.63, 3.8) is 0 Å². The fraction of sp³-hybridized carbons (Fsp3) is 0.250. The van der Waals surface area contributed by atoms with Crippen molar-refractivity contribution >= 4 is 22.1 Å². The molecule has 4 aromatic rings. The summed E-state index contributed by atoms with van der Waals surface area (Å²) >= 11 is 1.50. The van der Waals surface area contributed by atoms with Crippen LogP contribution in [0.1, 0.15) is 13.8 Å². The first kappa shape index (κ1) is 18.5. The van der Waals surface area contributed by atoms with Gasteiger partial charge in [0.25, 0.3) is 0 Å². The Morgan fingerprint density at radius 1 is 1.29 bits per heavy atom. The number of halogens is 1. The molecule has 0 aliphatic rings. The van der Waals surface area contributed by atoms with Gasteiger partial charge in [-0.25, -0.2) is 19.3 Å². The van der Waals surface area contributed by atoms with Gasteiger partial charge >= 0.3 is 0 Å². The molecule has 1 aromatic carbocycles. The second-order valence-electron chi connectivity index (χ2n) is 6.35. The van der Waals surface area contributed by atoms with E-state index in [1.54, 1.807) is 30.6 Å². The molecule has 0 radical (unpaired) electrons. The summed E-state index contributed by atoms with van der Waals surface area (Å²) in [4.78, 5) is 14.4. The Labute approximate surface area is 166 Å². The van der Waals surface area contributed by atoms with Crippen molar-refractivity contribution in [1.29, 1.82) is 0 Å². The lowest BCUT2D eigenvalue weighted by Gasteiger charge is -2.12. The van der Waals surface area contributed by atoms with Crippen molar-refractivity contribution in [2.24, 2.45) is 0 Å². The van der Waals surface area contributed by atoms with Crippen LogP contribution in [0.25, 0.3) is 27.5 Å².